The lowest BCUT2D eigenvalue weighted by atomic mass is 9.85. The zero-order valence-corrected chi connectivity index (χ0v) is 9.27. The fourth-order valence-electron chi connectivity index (χ4n) is 1.78. The van der Waals surface area contributed by atoms with Crippen LogP contribution in [-0.4, -0.2) is 5.84 Å². The summed E-state index contributed by atoms with van der Waals surface area (Å²) in [6.07, 6.45) is 5.60. The number of amidine groups is 1. The lowest BCUT2D eigenvalue weighted by Crippen LogP contribution is -2.13. The Bertz CT molecular complexity index is 143. The molecule has 0 aliphatic rings. The van der Waals surface area contributed by atoms with E-state index in [1.54, 1.807) is 0 Å². The molecule has 0 bridgehead atoms. The smallest absolute Gasteiger partial charge is 0.0905 e. The van der Waals surface area contributed by atoms with Crippen LogP contribution >= 0.6 is 0 Å². The third kappa shape index (κ3) is 5.67. The number of hydrogen-bond acceptors (Lipinski definition) is 1. The van der Waals surface area contributed by atoms with Crippen molar-refractivity contribution < 1.29 is 0 Å². The molecule has 0 saturated carbocycles. The summed E-state index contributed by atoms with van der Waals surface area (Å²) < 4.78 is 0. The predicted molar refractivity (Wildman–Crippen MR) is 59.0 cm³/mol. The van der Waals surface area contributed by atoms with Crippen molar-refractivity contribution in [3.05, 3.63) is 0 Å². The molecule has 0 spiro atoms. The predicted octanol–water partition coefficient (Wildman–Crippen LogP) is 3.16. The van der Waals surface area contributed by atoms with Crippen molar-refractivity contribution in [2.75, 3.05) is 0 Å². The van der Waals surface area contributed by atoms with E-state index in [1.165, 1.54) is 19.3 Å². The van der Waals surface area contributed by atoms with Gasteiger partial charge in [-0.25, -0.2) is 0 Å². The standard InChI is InChI=1S/C11H24N2/c1-4-9(3)10(5-2)7-6-8-11(12)13/h9-10H,4-8H2,1-3H3,(H3,12,13). The van der Waals surface area contributed by atoms with Gasteiger partial charge in [-0.05, 0) is 24.7 Å². The van der Waals surface area contributed by atoms with Crippen LogP contribution < -0.4 is 5.73 Å². The maximum Gasteiger partial charge on any atom is 0.0905 e. The van der Waals surface area contributed by atoms with Crippen molar-refractivity contribution in [3.8, 4) is 0 Å². The summed E-state index contributed by atoms with van der Waals surface area (Å²) in [4.78, 5) is 0. The van der Waals surface area contributed by atoms with E-state index >= 15 is 0 Å². The average Bonchev–Trinajstić information content (AvgIpc) is 2.11. The van der Waals surface area contributed by atoms with Crippen LogP contribution in [0.2, 0.25) is 0 Å². The highest BCUT2D eigenvalue weighted by Gasteiger charge is 2.12. The summed E-state index contributed by atoms with van der Waals surface area (Å²) in [6, 6.07) is 0. The van der Waals surface area contributed by atoms with E-state index < -0.39 is 0 Å². The molecular weight excluding hydrogens is 160 g/mol. The van der Waals surface area contributed by atoms with Gasteiger partial charge in [0.2, 0.25) is 0 Å². The van der Waals surface area contributed by atoms with Crippen molar-refractivity contribution in [3.63, 3.8) is 0 Å². The van der Waals surface area contributed by atoms with Crippen LogP contribution in [0.15, 0.2) is 0 Å². The number of nitrogens with one attached hydrogen (secondary N) is 1. The highest BCUT2D eigenvalue weighted by molar-refractivity contribution is 5.76. The summed E-state index contributed by atoms with van der Waals surface area (Å²) in [5, 5.41) is 7.13. The third-order valence-electron chi connectivity index (χ3n) is 2.99. The first-order valence-corrected chi connectivity index (χ1v) is 5.44. The molecule has 0 aliphatic carbocycles. The SMILES string of the molecule is CCC(C)C(CC)CCCC(=N)N. The maximum absolute atomic E-state index is 7.13. The van der Waals surface area contributed by atoms with Gasteiger partial charge in [0.15, 0.2) is 0 Å². The molecular formula is C11H24N2. The van der Waals surface area contributed by atoms with Crippen LogP contribution in [0.4, 0.5) is 0 Å². The van der Waals surface area contributed by atoms with Crippen LogP contribution in [0.5, 0.6) is 0 Å². The summed E-state index contributed by atoms with van der Waals surface area (Å²) >= 11 is 0. The van der Waals surface area contributed by atoms with E-state index in [1.807, 2.05) is 0 Å². The fraction of sp³-hybridized carbons (Fsp3) is 0.909. The van der Waals surface area contributed by atoms with Gasteiger partial charge in [-0.15, -0.1) is 0 Å². The van der Waals surface area contributed by atoms with Crippen LogP contribution in [0, 0.1) is 17.2 Å². The zero-order chi connectivity index (χ0) is 10.3. The van der Waals surface area contributed by atoms with E-state index in [2.05, 4.69) is 20.8 Å². The van der Waals surface area contributed by atoms with Gasteiger partial charge in [0, 0.05) is 6.42 Å². The van der Waals surface area contributed by atoms with Gasteiger partial charge in [-0.1, -0.05) is 33.6 Å². The number of nitrogens with two attached hydrogens (primary N) is 1. The fourth-order valence-corrected chi connectivity index (χ4v) is 1.78. The minimum absolute atomic E-state index is 0.332. The van der Waals surface area contributed by atoms with Gasteiger partial charge < -0.3 is 5.73 Å². The van der Waals surface area contributed by atoms with Crippen molar-refractivity contribution in [2.24, 2.45) is 17.6 Å². The molecule has 0 aromatic heterocycles. The number of hydrogen-bond donors (Lipinski definition) is 2. The first-order chi connectivity index (χ1) is 6.11. The van der Waals surface area contributed by atoms with Crippen molar-refractivity contribution in [2.45, 2.75) is 52.9 Å². The molecule has 13 heavy (non-hydrogen) atoms. The Morgan fingerprint density at radius 3 is 2.31 bits per heavy atom. The third-order valence-corrected chi connectivity index (χ3v) is 2.99. The van der Waals surface area contributed by atoms with Crippen LogP contribution in [0.3, 0.4) is 0 Å². The van der Waals surface area contributed by atoms with E-state index in [0.717, 1.165) is 24.7 Å². The zero-order valence-electron chi connectivity index (χ0n) is 9.27. The Balaban J connectivity index is 3.65. The molecule has 3 N–H and O–H groups in total. The Hall–Kier alpha value is -0.530. The minimum Gasteiger partial charge on any atom is -0.388 e. The molecule has 0 aromatic carbocycles. The second kappa shape index (κ2) is 6.93. The Morgan fingerprint density at radius 1 is 1.31 bits per heavy atom. The molecule has 0 amide bonds. The molecule has 0 aliphatic heterocycles. The normalized spacial score (nSPS) is 15.3. The molecule has 2 unspecified atom stereocenters. The topological polar surface area (TPSA) is 49.9 Å². The summed E-state index contributed by atoms with van der Waals surface area (Å²) in [5.41, 5.74) is 5.31. The Kier molecular flexibility index (Phi) is 6.65. The van der Waals surface area contributed by atoms with Crippen molar-refractivity contribution >= 4 is 5.84 Å². The van der Waals surface area contributed by atoms with E-state index in [4.69, 9.17) is 11.1 Å². The highest BCUT2D eigenvalue weighted by Crippen LogP contribution is 2.23. The molecule has 78 valence electrons. The van der Waals surface area contributed by atoms with Gasteiger partial charge in [0.25, 0.3) is 0 Å². The second-order valence-electron chi connectivity index (χ2n) is 3.97. The molecule has 0 fully saturated rings. The molecule has 0 rings (SSSR count). The van der Waals surface area contributed by atoms with Crippen LogP contribution in [0.1, 0.15) is 52.9 Å². The molecule has 0 heterocycles. The molecule has 0 radical (unpaired) electrons. The molecule has 0 saturated heterocycles. The first kappa shape index (κ1) is 12.5. The summed E-state index contributed by atoms with van der Waals surface area (Å²) in [5.74, 6) is 1.97. The monoisotopic (exact) mass is 184 g/mol. The molecule has 2 heteroatoms. The quantitative estimate of drug-likeness (QED) is 0.463. The van der Waals surface area contributed by atoms with Gasteiger partial charge in [0.05, 0.1) is 5.84 Å². The van der Waals surface area contributed by atoms with E-state index in [0.29, 0.717) is 5.84 Å². The Labute approximate surface area is 82.4 Å². The summed E-state index contributed by atoms with van der Waals surface area (Å²) in [6.45, 7) is 6.82. The highest BCUT2D eigenvalue weighted by atomic mass is 14.7. The van der Waals surface area contributed by atoms with Gasteiger partial charge in [-0.2, -0.15) is 0 Å². The van der Waals surface area contributed by atoms with E-state index in [9.17, 15) is 0 Å². The molecule has 2 nitrogen and oxygen atoms in total. The average molecular weight is 184 g/mol. The van der Waals surface area contributed by atoms with Gasteiger partial charge in [-0.3, -0.25) is 5.41 Å². The summed E-state index contributed by atoms with van der Waals surface area (Å²) in [7, 11) is 0. The second-order valence-corrected chi connectivity index (χ2v) is 3.97. The van der Waals surface area contributed by atoms with Gasteiger partial charge >= 0.3 is 0 Å². The largest absolute Gasteiger partial charge is 0.388 e. The van der Waals surface area contributed by atoms with Gasteiger partial charge in [0.1, 0.15) is 0 Å². The van der Waals surface area contributed by atoms with Crippen molar-refractivity contribution in [1.29, 1.82) is 5.41 Å². The number of rotatable bonds is 7. The molecule has 2 atom stereocenters. The maximum atomic E-state index is 7.13. The lowest BCUT2D eigenvalue weighted by Gasteiger charge is -2.21. The molecule has 0 aromatic rings. The first-order valence-electron chi connectivity index (χ1n) is 5.44. The van der Waals surface area contributed by atoms with E-state index in [-0.39, 0.29) is 0 Å². The lowest BCUT2D eigenvalue weighted by molar-refractivity contribution is 0.312. The van der Waals surface area contributed by atoms with Crippen LogP contribution in [0.25, 0.3) is 0 Å². The van der Waals surface area contributed by atoms with Crippen LogP contribution in [-0.2, 0) is 0 Å². The Morgan fingerprint density at radius 2 is 1.92 bits per heavy atom. The van der Waals surface area contributed by atoms with Crippen molar-refractivity contribution in [1.82, 2.24) is 0 Å². The minimum atomic E-state index is 0.332.